The van der Waals surface area contributed by atoms with Crippen LogP contribution in [0.25, 0.3) is 0 Å². The second-order valence-corrected chi connectivity index (χ2v) is 8.70. The SMILES string of the molecule is C/C=C(/N=Cc1ccncc1)C(=N)c1ccc(S(=O)(=O)C2CCOCC2)cc1. The zero-order chi connectivity index (χ0) is 20.0. The molecule has 0 unspecified atom stereocenters. The number of benzene rings is 1. The monoisotopic (exact) mass is 397 g/mol. The summed E-state index contributed by atoms with van der Waals surface area (Å²) in [4.78, 5) is 8.64. The first-order valence-electron chi connectivity index (χ1n) is 9.14. The molecule has 1 aliphatic rings. The van der Waals surface area contributed by atoms with Crippen LogP contribution in [0.15, 0.2) is 70.5 Å². The molecule has 0 saturated carbocycles. The molecule has 1 aliphatic heterocycles. The van der Waals surface area contributed by atoms with Gasteiger partial charge in [-0.05, 0) is 49.6 Å². The van der Waals surface area contributed by atoms with Gasteiger partial charge in [-0.25, -0.2) is 8.42 Å². The Morgan fingerprint density at radius 1 is 1.14 bits per heavy atom. The van der Waals surface area contributed by atoms with E-state index in [4.69, 9.17) is 10.1 Å². The van der Waals surface area contributed by atoms with E-state index in [1.165, 1.54) is 0 Å². The van der Waals surface area contributed by atoms with Crippen molar-refractivity contribution < 1.29 is 13.2 Å². The number of nitrogens with zero attached hydrogens (tertiary/aromatic N) is 2. The number of ether oxygens (including phenoxy) is 1. The highest BCUT2D eigenvalue weighted by atomic mass is 32.2. The summed E-state index contributed by atoms with van der Waals surface area (Å²) in [5, 5.41) is 8.01. The second-order valence-electron chi connectivity index (χ2n) is 6.47. The van der Waals surface area contributed by atoms with E-state index in [1.54, 1.807) is 48.9 Å². The molecular weight excluding hydrogens is 374 g/mol. The van der Waals surface area contributed by atoms with Crippen molar-refractivity contribution in [2.75, 3.05) is 13.2 Å². The maximum absolute atomic E-state index is 12.8. The lowest BCUT2D eigenvalue weighted by Gasteiger charge is -2.22. The number of nitrogens with one attached hydrogen (secondary N) is 1. The van der Waals surface area contributed by atoms with Gasteiger partial charge in [-0.3, -0.25) is 15.4 Å². The molecule has 1 fully saturated rings. The lowest BCUT2D eigenvalue weighted by Crippen LogP contribution is -2.28. The van der Waals surface area contributed by atoms with Crippen molar-refractivity contribution in [3.8, 4) is 0 Å². The third-order valence-electron chi connectivity index (χ3n) is 4.67. The normalized spacial score (nSPS) is 16.4. The van der Waals surface area contributed by atoms with Gasteiger partial charge in [-0.2, -0.15) is 0 Å². The molecule has 0 spiro atoms. The number of rotatable bonds is 6. The first-order chi connectivity index (χ1) is 13.5. The van der Waals surface area contributed by atoms with Gasteiger partial charge in [0, 0.05) is 37.4 Å². The largest absolute Gasteiger partial charge is 0.381 e. The molecule has 1 N–H and O–H groups in total. The topological polar surface area (TPSA) is 92.5 Å². The van der Waals surface area contributed by atoms with Crippen molar-refractivity contribution in [1.82, 2.24) is 4.98 Å². The molecule has 0 bridgehead atoms. The number of hydrogen-bond acceptors (Lipinski definition) is 6. The first kappa shape index (κ1) is 20.1. The van der Waals surface area contributed by atoms with Crippen molar-refractivity contribution in [2.24, 2.45) is 4.99 Å². The Morgan fingerprint density at radius 3 is 2.39 bits per heavy atom. The summed E-state index contributed by atoms with van der Waals surface area (Å²) in [6.07, 6.45) is 7.83. The summed E-state index contributed by atoms with van der Waals surface area (Å²) >= 11 is 0. The van der Waals surface area contributed by atoms with E-state index in [0.29, 0.717) is 42.2 Å². The fourth-order valence-corrected chi connectivity index (χ4v) is 4.73. The van der Waals surface area contributed by atoms with Gasteiger partial charge in [0.2, 0.25) is 0 Å². The third-order valence-corrected chi connectivity index (χ3v) is 6.95. The van der Waals surface area contributed by atoms with Crippen LogP contribution < -0.4 is 0 Å². The molecule has 7 heteroatoms. The Balaban J connectivity index is 1.76. The van der Waals surface area contributed by atoms with Crippen LogP contribution in [0.2, 0.25) is 0 Å². The van der Waals surface area contributed by atoms with Gasteiger partial charge in [0.15, 0.2) is 9.84 Å². The Kier molecular flexibility index (Phi) is 6.49. The van der Waals surface area contributed by atoms with E-state index in [1.807, 2.05) is 19.1 Å². The van der Waals surface area contributed by atoms with Crippen LogP contribution in [0, 0.1) is 5.41 Å². The van der Waals surface area contributed by atoms with Gasteiger partial charge in [0.25, 0.3) is 0 Å². The minimum Gasteiger partial charge on any atom is -0.381 e. The maximum Gasteiger partial charge on any atom is 0.181 e. The molecule has 0 amide bonds. The van der Waals surface area contributed by atoms with Crippen molar-refractivity contribution in [2.45, 2.75) is 29.9 Å². The number of allylic oxidation sites excluding steroid dienone is 2. The average molecular weight is 398 g/mol. The van der Waals surface area contributed by atoms with Crippen LogP contribution in [0.4, 0.5) is 0 Å². The minimum absolute atomic E-state index is 0.239. The molecule has 1 saturated heterocycles. The molecule has 0 aliphatic carbocycles. The van der Waals surface area contributed by atoms with Crippen LogP contribution >= 0.6 is 0 Å². The van der Waals surface area contributed by atoms with Gasteiger partial charge in [0.05, 0.1) is 21.6 Å². The van der Waals surface area contributed by atoms with Crippen LogP contribution in [0.1, 0.15) is 30.9 Å². The van der Waals surface area contributed by atoms with Crippen molar-refractivity contribution in [1.29, 1.82) is 5.41 Å². The molecule has 6 nitrogen and oxygen atoms in total. The third kappa shape index (κ3) is 4.61. The summed E-state index contributed by atoms with van der Waals surface area (Å²) < 4.78 is 30.8. The van der Waals surface area contributed by atoms with E-state index in [0.717, 1.165) is 5.56 Å². The van der Waals surface area contributed by atoms with Gasteiger partial charge in [-0.15, -0.1) is 0 Å². The van der Waals surface area contributed by atoms with Crippen molar-refractivity contribution in [3.05, 3.63) is 71.7 Å². The number of pyridine rings is 1. The Morgan fingerprint density at radius 2 is 1.79 bits per heavy atom. The summed E-state index contributed by atoms with van der Waals surface area (Å²) in [7, 11) is -3.38. The van der Waals surface area contributed by atoms with E-state index in [-0.39, 0.29) is 5.71 Å². The average Bonchev–Trinajstić information content (AvgIpc) is 2.75. The molecule has 0 atom stereocenters. The Hall–Kier alpha value is -2.64. The molecule has 1 aromatic heterocycles. The molecule has 28 heavy (non-hydrogen) atoms. The smallest absolute Gasteiger partial charge is 0.181 e. The van der Waals surface area contributed by atoms with Crippen molar-refractivity contribution in [3.63, 3.8) is 0 Å². The molecule has 146 valence electrons. The minimum atomic E-state index is -3.38. The van der Waals surface area contributed by atoms with Crippen LogP contribution in [0.3, 0.4) is 0 Å². The van der Waals surface area contributed by atoms with E-state index in [2.05, 4.69) is 9.98 Å². The van der Waals surface area contributed by atoms with E-state index >= 15 is 0 Å². The van der Waals surface area contributed by atoms with Gasteiger partial charge in [-0.1, -0.05) is 18.2 Å². The standard InChI is InChI=1S/C21H23N3O3S/c1-2-20(24-15-16-7-11-23-12-8-16)21(22)17-3-5-18(6-4-17)28(25,26)19-9-13-27-14-10-19/h2-8,11-12,15,19,22H,9-10,13-14H2,1H3/b20-2+,22-21?,24-15?. The highest BCUT2D eigenvalue weighted by Crippen LogP contribution is 2.24. The summed E-state index contributed by atoms with van der Waals surface area (Å²) in [5.41, 5.74) is 2.26. The van der Waals surface area contributed by atoms with Gasteiger partial charge < -0.3 is 4.74 Å². The van der Waals surface area contributed by atoms with Crippen molar-refractivity contribution >= 4 is 21.8 Å². The van der Waals surface area contributed by atoms with Gasteiger partial charge in [0.1, 0.15) is 0 Å². The van der Waals surface area contributed by atoms with E-state index < -0.39 is 15.1 Å². The Labute approximate surface area is 165 Å². The quantitative estimate of drug-likeness (QED) is 0.756. The lowest BCUT2D eigenvalue weighted by atomic mass is 10.1. The molecule has 2 aromatic rings. The summed E-state index contributed by atoms with van der Waals surface area (Å²) in [6, 6.07) is 10.1. The molecule has 0 radical (unpaired) electrons. The number of sulfone groups is 1. The number of aliphatic imine (C=N–C) groups is 1. The maximum atomic E-state index is 12.8. The summed E-state index contributed by atoms with van der Waals surface area (Å²) in [6.45, 7) is 2.78. The predicted octanol–water partition coefficient (Wildman–Crippen LogP) is 3.43. The molecule has 1 aromatic carbocycles. The zero-order valence-corrected chi connectivity index (χ0v) is 16.5. The molecular formula is C21H23N3O3S. The second kappa shape index (κ2) is 9.03. The summed E-state index contributed by atoms with van der Waals surface area (Å²) in [5.74, 6) is 0. The first-order valence-corrected chi connectivity index (χ1v) is 10.7. The highest BCUT2D eigenvalue weighted by Gasteiger charge is 2.29. The lowest BCUT2D eigenvalue weighted by molar-refractivity contribution is 0.0983. The number of aromatic nitrogens is 1. The van der Waals surface area contributed by atoms with Gasteiger partial charge >= 0.3 is 0 Å². The fourth-order valence-electron chi connectivity index (χ4n) is 3.01. The highest BCUT2D eigenvalue weighted by molar-refractivity contribution is 7.92. The van der Waals surface area contributed by atoms with Crippen LogP contribution in [-0.4, -0.2) is 43.8 Å². The molecule has 3 rings (SSSR count). The van der Waals surface area contributed by atoms with Crippen LogP contribution in [0.5, 0.6) is 0 Å². The predicted molar refractivity (Wildman–Crippen MR) is 110 cm³/mol. The van der Waals surface area contributed by atoms with Crippen LogP contribution in [-0.2, 0) is 14.6 Å². The number of hydrogen-bond donors (Lipinski definition) is 1. The zero-order valence-electron chi connectivity index (χ0n) is 15.7. The fraction of sp³-hybridized carbons (Fsp3) is 0.286. The van der Waals surface area contributed by atoms with E-state index in [9.17, 15) is 8.42 Å². The Bertz CT molecular complexity index is 975. The molecule has 2 heterocycles.